The zero-order chi connectivity index (χ0) is 21.6. The Labute approximate surface area is 181 Å². The lowest BCUT2D eigenvalue weighted by Crippen LogP contribution is -2.10. The van der Waals surface area contributed by atoms with Gasteiger partial charge in [0.2, 0.25) is 0 Å². The minimum atomic E-state index is -0.613. The van der Waals surface area contributed by atoms with Gasteiger partial charge in [-0.1, -0.05) is 19.2 Å². The number of carbonyl (C=O) groups is 1. The van der Waals surface area contributed by atoms with E-state index in [0.29, 0.717) is 18.2 Å². The average molecular weight is 434 g/mol. The summed E-state index contributed by atoms with van der Waals surface area (Å²) in [5, 5.41) is 5.19. The molecular weight excluding hydrogens is 410 g/mol. The molecule has 31 heavy (non-hydrogen) atoms. The monoisotopic (exact) mass is 433 g/mol. The highest BCUT2D eigenvalue weighted by molar-refractivity contribution is 6.55. The summed E-state index contributed by atoms with van der Waals surface area (Å²) in [5.41, 5.74) is 2.83. The van der Waals surface area contributed by atoms with Crippen LogP contribution < -0.4 is 4.74 Å². The van der Waals surface area contributed by atoms with Crippen LogP contribution in [-0.4, -0.2) is 46.4 Å². The van der Waals surface area contributed by atoms with E-state index in [1.165, 1.54) is 0 Å². The molecule has 0 spiro atoms. The first-order valence-electron chi connectivity index (χ1n) is 10.1. The minimum absolute atomic E-state index is 0.241. The average Bonchev–Trinajstić information content (AvgIpc) is 3.25. The third kappa shape index (κ3) is 5.19. The summed E-state index contributed by atoms with van der Waals surface area (Å²) in [4.78, 5) is 23.8. The van der Waals surface area contributed by atoms with Crippen molar-refractivity contribution in [2.24, 2.45) is 0 Å². The van der Waals surface area contributed by atoms with E-state index in [0.717, 1.165) is 41.1 Å². The predicted molar refractivity (Wildman–Crippen MR) is 120 cm³/mol. The zero-order valence-corrected chi connectivity index (χ0v) is 18.6. The van der Waals surface area contributed by atoms with E-state index in [-0.39, 0.29) is 6.01 Å². The van der Waals surface area contributed by atoms with E-state index in [4.69, 9.17) is 9.47 Å². The molecule has 9 heteroatoms. The number of fused-ring (bicyclic) bond motifs is 1. The maximum atomic E-state index is 10.9. The van der Waals surface area contributed by atoms with Gasteiger partial charge in [-0.3, -0.25) is 4.79 Å². The molecule has 1 aromatic carbocycles. The lowest BCUT2D eigenvalue weighted by molar-refractivity contribution is 0.0801. The van der Waals surface area contributed by atoms with Gasteiger partial charge in [-0.2, -0.15) is 5.10 Å². The molecule has 0 aliphatic heterocycles. The van der Waals surface area contributed by atoms with Crippen molar-refractivity contribution in [3.05, 3.63) is 60.7 Å². The molecule has 0 atom stereocenters. The molecule has 0 saturated heterocycles. The summed E-state index contributed by atoms with van der Waals surface area (Å²) in [6.45, 7) is 5.77. The number of hydrogen-bond acceptors (Lipinski definition) is 7. The second kappa shape index (κ2) is 9.58. The Balaban J connectivity index is 1.44. The van der Waals surface area contributed by atoms with Crippen molar-refractivity contribution in [3.8, 4) is 23.0 Å². The van der Waals surface area contributed by atoms with Crippen molar-refractivity contribution in [2.45, 2.75) is 25.9 Å². The molecule has 4 aromatic rings. The van der Waals surface area contributed by atoms with Crippen molar-refractivity contribution in [1.29, 1.82) is 0 Å². The second-order valence-corrected chi connectivity index (χ2v) is 10.9. The fourth-order valence-corrected chi connectivity index (χ4v) is 3.64. The highest BCUT2D eigenvalue weighted by Crippen LogP contribution is 2.24. The predicted octanol–water partition coefficient (Wildman–Crippen LogP) is 3.95. The molecule has 0 unspecified atom stereocenters. The Morgan fingerprint density at radius 1 is 1.10 bits per heavy atom. The van der Waals surface area contributed by atoms with Crippen LogP contribution in [0.25, 0.3) is 22.2 Å². The van der Waals surface area contributed by atoms with E-state index >= 15 is 0 Å². The van der Waals surface area contributed by atoms with Crippen LogP contribution in [0.2, 0.25) is 19.1 Å². The SMILES string of the molecule is C[SiH](C)CCOCn1nccc1-c1cnc(Oc2ccc3nc(C=O)ccc3c2)nc1. The van der Waals surface area contributed by atoms with Crippen molar-refractivity contribution >= 4 is 26.0 Å². The van der Waals surface area contributed by atoms with Crippen LogP contribution in [0, 0.1) is 0 Å². The number of aromatic nitrogens is 5. The van der Waals surface area contributed by atoms with Gasteiger partial charge in [-0.25, -0.2) is 19.6 Å². The van der Waals surface area contributed by atoms with E-state index in [2.05, 4.69) is 33.1 Å². The highest BCUT2D eigenvalue weighted by atomic mass is 28.3. The molecule has 0 saturated carbocycles. The van der Waals surface area contributed by atoms with E-state index in [1.54, 1.807) is 41.5 Å². The number of ether oxygens (including phenoxy) is 2. The standard InChI is InChI=1S/C22H23N5O3Si/c1-31(2)10-9-29-15-27-21(7-8-25-27)17-12-23-22(24-13-17)30-19-5-6-20-16(11-19)3-4-18(14-28)26-20/h3-8,11-14,31H,9-10,15H2,1-2H3. The maximum Gasteiger partial charge on any atom is 0.321 e. The van der Waals surface area contributed by atoms with Crippen LogP contribution in [0.4, 0.5) is 0 Å². The van der Waals surface area contributed by atoms with Gasteiger partial charge < -0.3 is 9.47 Å². The van der Waals surface area contributed by atoms with Crippen LogP contribution in [-0.2, 0) is 11.5 Å². The van der Waals surface area contributed by atoms with Gasteiger partial charge in [0.05, 0.1) is 11.2 Å². The highest BCUT2D eigenvalue weighted by Gasteiger charge is 2.09. The van der Waals surface area contributed by atoms with E-state index in [9.17, 15) is 4.79 Å². The fourth-order valence-electron chi connectivity index (χ4n) is 3.01. The molecule has 0 N–H and O–H groups in total. The Morgan fingerprint density at radius 2 is 1.94 bits per heavy atom. The van der Waals surface area contributed by atoms with Crippen molar-refractivity contribution in [3.63, 3.8) is 0 Å². The lowest BCUT2D eigenvalue weighted by atomic mass is 10.2. The number of aldehydes is 1. The Kier molecular flexibility index (Phi) is 6.44. The molecule has 158 valence electrons. The molecule has 3 aromatic heterocycles. The normalized spacial score (nSPS) is 11.2. The molecule has 0 aliphatic carbocycles. The van der Waals surface area contributed by atoms with Gasteiger partial charge in [0.15, 0.2) is 6.29 Å². The van der Waals surface area contributed by atoms with Crippen LogP contribution >= 0.6 is 0 Å². The van der Waals surface area contributed by atoms with Crippen LogP contribution in [0.1, 0.15) is 10.5 Å². The molecule has 0 bridgehead atoms. The summed E-state index contributed by atoms with van der Waals surface area (Å²) in [5.74, 6) is 0.591. The molecular formula is C22H23N5O3Si. The number of nitrogens with zero attached hydrogens (tertiary/aromatic N) is 5. The summed E-state index contributed by atoms with van der Waals surface area (Å²) < 4.78 is 13.3. The zero-order valence-electron chi connectivity index (χ0n) is 17.4. The van der Waals surface area contributed by atoms with Gasteiger partial charge in [-0.15, -0.1) is 0 Å². The number of pyridine rings is 1. The second-order valence-electron chi connectivity index (χ2n) is 7.50. The first-order chi connectivity index (χ1) is 15.1. The van der Waals surface area contributed by atoms with Crippen molar-refractivity contribution in [2.75, 3.05) is 6.61 Å². The molecule has 0 amide bonds. The van der Waals surface area contributed by atoms with Crippen molar-refractivity contribution in [1.82, 2.24) is 24.7 Å². The first-order valence-corrected chi connectivity index (χ1v) is 13.2. The number of hydrogen-bond donors (Lipinski definition) is 0. The molecule has 4 rings (SSSR count). The van der Waals surface area contributed by atoms with Gasteiger partial charge >= 0.3 is 6.01 Å². The molecule has 8 nitrogen and oxygen atoms in total. The Morgan fingerprint density at radius 3 is 2.71 bits per heavy atom. The summed E-state index contributed by atoms with van der Waals surface area (Å²) >= 11 is 0. The van der Waals surface area contributed by atoms with Gasteiger partial charge in [-0.05, 0) is 36.4 Å². The van der Waals surface area contributed by atoms with E-state index < -0.39 is 8.80 Å². The Hall–Kier alpha value is -3.43. The quantitative estimate of drug-likeness (QED) is 0.224. The fraction of sp³-hybridized carbons (Fsp3) is 0.227. The topological polar surface area (TPSA) is 92.0 Å². The largest absolute Gasteiger partial charge is 0.424 e. The van der Waals surface area contributed by atoms with E-state index in [1.807, 2.05) is 18.2 Å². The smallest absolute Gasteiger partial charge is 0.321 e. The first kappa shape index (κ1) is 20.8. The van der Waals surface area contributed by atoms with Gasteiger partial charge in [0.25, 0.3) is 0 Å². The lowest BCUT2D eigenvalue weighted by Gasteiger charge is -2.10. The number of carbonyl (C=O) groups excluding carboxylic acids is 1. The maximum absolute atomic E-state index is 10.9. The van der Waals surface area contributed by atoms with Crippen LogP contribution in [0.3, 0.4) is 0 Å². The summed E-state index contributed by atoms with van der Waals surface area (Å²) in [6.07, 6.45) is 5.87. The van der Waals surface area contributed by atoms with Crippen LogP contribution in [0.5, 0.6) is 11.8 Å². The minimum Gasteiger partial charge on any atom is -0.424 e. The van der Waals surface area contributed by atoms with Gasteiger partial charge in [0.1, 0.15) is 18.2 Å². The number of rotatable bonds is 9. The molecule has 3 heterocycles. The summed E-state index contributed by atoms with van der Waals surface area (Å²) in [7, 11) is -0.613. The van der Waals surface area contributed by atoms with Crippen molar-refractivity contribution < 1.29 is 14.3 Å². The molecule has 0 radical (unpaired) electrons. The Bertz CT molecular complexity index is 1180. The summed E-state index contributed by atoms with van der Waals surface area (Å²) in [6, 6.07) is 12.2. The van der Waals surface area contributed by atoms with Gasteiger partial charge in [0, 0.05) is 44.9 Å². The van der Waals surface area contributed by atoms with Crippen LogP contribution in [0.15, 0.2) is 55.0 Å². The molecule has 0 fully saturated rings. The molecule has 0 aliphatic rings. The number of benzene rings is 1. The third-order valence-corrected chi connectivity index (χ3v) is 6.10. The third-order valence-electron chi connectivity index (χ3n) is 4.71.